The Kier molecular flexibility index (Phi) is 4.54. The number of benzene rings is 2. The Morgan fingerprint density at radius 3 is 1.61 bits per heavy atom. The van der Waals surface area contributed by atoms with E-state index in [1.807, 2.05) is 0 Å². The predicted molar refractivity (Wildman–Crippen MR) is 77.6 cm³/mol. The average molecular weight is 239 g/mol. The second-order valence-electron chi connectivity index (χ2n) is 5.06. The molecule has 2 rings (SSSR count). The third-order valence-corrected chi connectivity index (χ3v) is 3.00. The molecule has 1 heteroatoms. The third-order valence-electron chi connectivity index (χ3n) is 3.00. The summed E-state index contributed by atoms with van der Waals surface area (Å²) in [7, 11) is 0. The van der Waals surface area contributed by atoms with Crippen molar-refractivity contribution in [3.8, 4) is 0 Å². The van der Waals surface area contributed by atoms with Gasteiger partial charge in [-0.25, -0.2) is 0 Å². The Morgan fingerprint density at radius 2 is 1.22 bits per heavy atom. The molecule has 0 bridgehead atoms. The van der Waals surface area contributed by atoms with Crippen LogP contribution in [-0.4, -0.2) is 6.54 Å². The Bertz CT molecular complexity index is 408. The van der Waals surface area contributed by atoms with E-state index in [1.165, 1.54) is 11.1 Å². The van der Waals surface area contributed by atoms with Gasteiger partial charge in [-0.1, -0.05) is 74.5 Å². The van der Waals surface area contributed by atoms with Crippen molar-refractivity contribution in [2.75, 3.05) is 6.54 Å². The third kappa shape index (κ3) is 3.44. The van der Waals surface area contributed by atoms with E-state index >= 15 is 0 Å². The topological polar surface area (TPSA) is 12.0 Å². The molecule has 0 atom stereocenters. The monoisotopic (exact) mass is 239 g/mol. The van der Waals surface area contributed by atoms with Crippen LogP contribution in [0.3, 0.4) is 0 Å². The molecule has 18 heavy (non-hydrogen) atoms. The molecule has 94 valence electrons. The lowest BCUT2D eigenvalue weighted by Gasteiger charge is -2.21. The van der Waals surface area contributed by atoms with Crippen LogP contribution < -0.4 is 5.32 Å². The van der Waals surface area contributed by atoms with Gasteiger partial charge >= 0.3 is 0 Å². The van der Waals surface area contributed by atoms with E-state index in [0.29, 0.717) is 5.92 Å². The molecular formula is C17H21N. The van der Waals surface area contributed by atoms with E-state index in [-0.39, 0.29) is 6.04 Å². The zero-order chi connectivity index (χ0) is 12.8. The summed E-state index contributed by atoms with van der Waals surface area (Å²) in [5, 5.41) is 3.65. The molecule has 0 aromatic heterocycles. The molecule has 0 aliphatic carbocycles. The summed E-state index contributed by atoms with van der Waals surface area (Å²) >= 11 is 0. The van der Waals surface area contributed by atoms with Crippen molar-refractivity contribution in [3.05, 3.63) is 71.8 Å². The molecule has 2 aromatic carbocycles. The van der Waals surface area contributed by atoms with Crippen molar-refractivity contribution >= 4 is 0 Å². The van der Waals surface area contributed by atoms with E-state index in [1.54, 1.807) is 0 Å². The molecule has 0 unspecified atom stereocenters. The zero-order valence-electron chi connectivity index (χ0n) is 11.1. The Labute approximate surface area is 110 Å². The second kappa shape index (κ2) is 6.36. The highest BCUT2D eigenvalue weighted by molar-refractivity contribution is 5.31. The SMILES string of the molecule is CC(C)CNC(c1ccccc1)c1ccccc1. The lowest BCUT2D eigenvalue weighted by atomic mass is 9.98. The summed E-state index contributed by atoms with van der Waals surface area (Å²) in [6.07, 6.45) is 0. The molecule has 2 aromatic rings. The summed E-state index contributed by atoms with van der Waals surface area (Å²) in [5.74, 6) is 0.653. The van der Waals surface area contributed by atoms with Crippen LogP contribution in [0.25, 0.3) is 0 Å². The maximum absolute atomic E-state index is 3.65. The van der Waals surface area contributed by atoms with Gasteiger partial charge in [-0.2, -0.15) is 0 Å². The normalized spacial score (nSPS) is 11.1. The Hall–Kier alpha value is -1.60. The second-order valence-corrected chi connectivity index (χ2v) is 5.06. The first-order valence-corrected chi connectivity index (χ1v) is 6.60. The van der Waals surface area contributed by atoms with Gasteiger partial charge in [-0.15, -0.1) is 0 Å². The van der Waals surface area contributed by atoms with Crippen molar-refractivity contribution in [3.63, 3.8) is 0 Å². The van der Waals surface area contributed by atoms with Gasteiger partial charge in [-0.3, -0.25) is 0 Å². The van der Waals surface area contributed by atoms with Crippen LogP contribution in [0.15, 0.2) is 60.7 Å². The molecule has 0 saturated carbocycles. The van der Waals surface area contributed by atoms with E-state index in [2.05, 4.69) is 79.8 Å². The molecule has 0 aliphatic heterocycles. The fourth-order valence-corrected chi connectivity index (χ4v) is 2.07. The summed E-state index contributed by atoms with van der Waals surface area (Å²) in [6, 6.07) is 21.6. The maximum atomic E-state index is 3.65. The predicted octanol–water partition coefficient (Wildman–Crippen LogP) is 4.02. The van der Waals surface area contributed by atoms with Crippen LogP contribution in [-0.2, 0) is 0 Å². The largest absolute Gasteiger partial charge is 0.306 e. The van der Waals surface area contributed by atoms with Crippen LogP contribution in [0.5, 0.6) is 0 Å². The smallest absolute Gasteiger partial charge is 0.0576 e. The van der Waals surface area contributed by atoms with E-state index in [4.69, 9.17) is 0 Å². The molecule has 0 heterocycles. The minimum Gasteiger partial charge on any atom is -0.306 e. The average Bonchev–Trinajstić information content (AvgIpc) is 2.41. The van der Waals surface area contributed by atoms with Gasteiger partial charge in [0, 0.05) is 0 Å². The van der Waals surface area contributed by atoms with Gasteiger partial charge in [0.2, 0.25) is 0 Å². The minimum absolute atomic E-state index is 0.287. The van der Waals surface area contributed by atoms with Gasteiger partial charge in [-0.05, 0) is 23.6 Å². The zero-order valence-corrected chi connectivity index (χ0v) is 11.1. The Balaban J connectivity index is 2.24. The summed E-state index contributed by atoms with van der Waals surface area (Å²) in [4.78, 5) is 0. The highest BCUT2D eigenvalue weighted by Crippen LogP contribution is 2.21. The number of rotatable bonds is 5. The van der Waals surface area contributed by atoms with Gasteiger partial charge in [0.1, 0.15) is 0 Å². The summed E-state index contributed by atoms with van der Waals surface area (Å²) in [6.45, 7) is 5.49. The molecule has 0 radical (unpaired) electrons. The molecular weight excluding hydrogens is 218 g/mol. The lowest BCUT2D eigenvalue weighted by molar-refractivity contribution is 0.513. The fourth-order valence-electron chi connectivity index (χ4n) is 2.07. The van der Waals surface area contributed by atoms with Crippen LogP contribution >= 0.6 is 0 Å². The van der Waals surface area contributed by atoms with E-state index in [9.17, 15) is 0 Å². The van der Waals surface area contributed by atoms with Crippen LogP contribution in [0, 0.1) is 5.92 Å². The molecule has 0 spiro atoms. The van der Waals surface area contributed by atoms with Gasteiger partial charge < -0.3 is 5.32 Å². The molecule has 0 saturated heterocycles. The number of hydrogen-bond acceptors (Lipinski definition) is 1. The lowest BCUT2D eigenvalue weighted by Crippen LogP contribution is -2.26. The quantitative estimate of drug-likeness (QED) is 0.831. The molecule has 1 N–H and O–H groups in total. The van der Waals surface area contributed by atoms with Crippen LogP contribution in [0.1, 0.15) is 31.0 Å². The minimum atomic E-state index is 0.287. The first-order chi connectivity index (χ1) is 8.77. The first-order valence-electron chi connectivity index (χ1n) is 6.60. The molecule has 0 aliphatic rings. The molecule has 1 nitrogen and oxygen atoms in total. The number of hydrogen-bond donors (Lipinski definition) is 1. The number of nitrogens with one attached hydrogen (secondary N) is 1. The van der Waals surface area contributed by atoms with Crippen molar-refractivity contribution in [2.45, 2.75) is 19.9 Å². The Morgan fingerprint density at radius 1 is 0.778 bits per heavy atom. The van der Waals surface area contributed by atoms with Crippen LogP contribution in [0.4, 0.5) is 0 Å². The standard InChI is InChI=1S/C17H21N/c1-14(2)13-18-17(15-9-5-3-6-10-15)16-11-7-4-8-12-16/h3-12,14,17-18H,13H2,1-2H3. The summed E-state index contributed by atoms with van der Waals surface area (Å²) in [5.41, 5.74) is 2.65. The van der Waals surface area contributed by atoms with Gasteiger partial charge in [0.15, 0.2) is 0 Å². The van der Waals surface area contributed by atoms with Gasteiger partial charge in [0.25, 0.3) is 0 Å². The highest BCUT2D eigenvalue weighted by atomic mass is 14.9. The summed E-state index contributed by atoms with van der Waals surface area (Å²) < 4.78 is 0. The van der Waals surface area contributed by atoms with Crippen LogP contribution in [0.2, 0.25) is 0 Å². The molecule has 0 amide bonds. The van der Waals surface area contributed by atoms with Crippen molar-refractivity contribution in [2.24, 2.45) is 5.92 Å². The maximum Gasteiger partial charge on any atom is 0.0576 e. The molecule has 0 fully saturated rings. The van der Waals surface area contributed by atoms with E-state index < -0.39 is 0 Å². The fraction of sp³-hybridized carbons (Fsp3) is 0.294. The van der Waals surface area contributed by atoms with E-state index in [0.717, 1.165) is 6.54 Å². The first kappa shape index (κ1) is 12.8. The van der Waals surface area contributed by atoms with Crippen molar-refractivity contribution in [1.82, 2.24) is 5.32 Å². The van der Waals surface area contributed by atoms with Crippen molar-refractivity contribution < 1.29 is 0 Å². The van der Waals surface area contributed by atoms with Crippen molar-refractivity contribution in [1.29, 1.82) is 0 Å². The highest BCUT2D eigenvalue weighted by Gasteiger charge is 2.12. The van der Waals surface area contributed by atoms with Gasteiger partial charge in [0.05, 0.1) is 6.04 Å².